The first kappa shape index (κ1) is 20.7. The number of rotatable bonds is 6. The largest absolute Gasteiger partial charge is 0.383 e. The molecule has 0 saturated carbocycles. The molecule has 0 bridgehead atoms. The topological polar surface area (TPSA) is 96.0 Å². The normalized spacial score (nSPS) is 24.6. The van der Waals surface area contributed by atoms with E-state index in [1.807, 2.05) is 0 Å². The summed E-state index contributed by atoms with van der Waals surface area (Å²) in [6.45, 7) is 0.710. The van der Waals surface area contributed by atoms with Gasteiger partial charge in [-0.3, -0.25) is 14.5 Å². The molecule has 2 amide bonds. The molecule has 2 heterocycles. The Morgan fingerprint density at radius 2 is 2.11 bits per heavy atom. The molecule has 0 radical (unpaired) electrons. The van der Waals surface area contributed by atoms with Gasteiger partial charge >= 0.3 is 0 Å². The maximum Gasteiger partial charge on any atom is 0.253 e. The van der Waals surface area contributed by atoms with E-state index >= 15 is 0 Å². The van der Waals surface area contributed by atoms with Crippen molar-refractivity contribution in [2.45, 2.75) is 24.9 Å². The van der Waals surface area contributed by atoms with Crippen LogP contribution in [0.25, 0.3) is 0 Å². The van der Waals surface area contributed by atoms with Gasteiger partial charge in [0.25, 0.3) is 5.91 Å². The number of methoxy groups -OCH3 is 1. The van der Waals surface area contributed by atoms with Crippen LogP contribution in [0.2, 0.25) is 0 Å². The number of fused-ring (bicyclic) bond motifs is 1. The van der Waals surface area contributed by atoms with Crippen molar-refractivity contribution in [1.29, 1.82) is 0 Å². The second kappa shape index (κ2) is 8.54. The average Bonchev–Trinajstić information content (AvgIpc) is 3.01. The van der Waals surface area contributed by atoms with Crippen molar-refractivity contribution in [3.8, 4) is 0 Å². The van der Waals surface area contributed by atoms with E-state index in [-0.39, 0.29) is 43.8 Å². The van der Waals surface area contributed by atoms with Gasteiger partial charge in [0.1, 0.15) is 5.82 Å². The van der Waals surface area contributed by atoms with Crippen molar-refractivity contribution in [3.05, 3.63) is 35.6 Å². The molecule has 154 valence electrons. The van der Waals surface area contributed by atoms with Crippen LogP contribution in [0.4, 0.5) is 4.39 Å². The third-order valence-corrected chi connectivity index (χ3v) is 6.81. The zero-order valence-electron chi connectivity index (χ0n) is 15.6. The van der Waals surface area contributed by atoms with Crippen molar-refractivity contribution in [2.24, 2.45) is 0 Å². The monoisotopic (exact) mass is 413 g/mol. The molecule has 0 aliphatic carbocycles. The Morgan fingerprint density at radius 3 is 2.82 bits per heavy atom. The zero-order valence-corrected chi connectivity index (χ0v) is 16.5. The number of nitrogens with zero attached hydrogens (tertiary/aromatic N) is 2. The number of amides is 2. The van der Waals surface area contributed by atoms with E-state index in [4.69, 9.17) is 4.74 Å². The minimum Gasteiger partial charge on any atom is -0.383 e. The summed E-state index contributed by atoms with van der Waals surface area (Å²) in [5, 5.41) is 2.84. The highest BCUT2D eigenvalue weighted by Crippen LogP contribution is 2.24. The fraction of sp³-hybridized carbons (Fsp3) is 0.556. The lowest BCUT2D eigenvalue weighted by Crippen LogP contribution is -2.45. The first-order valence-corrected chi connectivity index (χ1v) is 10.7. The Morgan fingerprint density at radius 1 is 1.36 bits per heavy atom. The summed E-state index contributed by atoms with van der Waals surface area (Å²) in [4.78, 5) is 26.9. The van der Waals surface area contributed by atoms with Crippen LogP contribution in [-0.4, -0.2) is 80.6 Å². The molecule has 0 aromatic heterocycles. The van der Waals surface area contributed by atoms with E-state index in [0.29, 0.717) is 18.5 Å². The van der Waals surface area contributed by atoms with Crippen LogP contribution >= 0.6 is 0 Å². The lowest BCUT2D eigenvalue weighted by Gasteiger charge is -2.23. The molecule has 2 aliphatic rings. The smallest absolute Gasteiger partial charge is 0.253 e. The molecule has 2 fully saturated rings. The van der Waals surface area contributed by atoms with Gasteiger partial charge in [0.05, 0.1) is 31.4 Å². The molecule has 1 N–H and O–H groups in total. The third-order valence-electron chi connectivity index (χ3n) is 5.08. The fourth-order valence-electron chi connectivity index (χ4n) is 3.68. The molecule has 1 aromatic rings. The summed E-state index contributed by atoms with van der Waals surface area (Å²) < 4.78 is 44.2. The molecule has 8 nitrogen and oxygen atoms in total. The maximum atomic E-state index is 13.7. The summed E-state index contributed by atoms with van der Waals surface area (Å²) in [7, 11) is -2.23. The van der Waals surface area contributed by atoms with Crippen LogP contribution in [-0.2, 0) is 30.8 Å². The first-order chi connectivity index (χ1) is 13.3. The lowest BCUT2D eigenvalue weighted by atomic mass is 10.1. The number of hydrogen-bond donors (Lipinski definition) is 1. The van der Waals surface area contributed by atoms with Crippen molar-refractivity contribution >= 4 is 21.8 Å². The van der Waals surface area contributed by atoms with Gasteiger partial charge in [0, 0.05) is 26.2 Å². The van der Waals surface area contributed by atoms with Gasteiger partial charge in [-0.05, 0) is 18.1 Å². The predicted octanol–water partition coefficient (Wildman–Crippen LogP) is -0.254. The van der Waals surface area contributed by atoms with Crippen molar-refractivity contribution in [2.75, 3.05) is 39.1 Å². The zero-order chi connectivity index (χ0) is 20.3. The van der Waals surface area contributed by atoms with E-state index in [2.05, 4.69) is 5.32 Å². The molecule has 2 saturated heterocycles. The van der Waals surface area contributed by atoms with Gasteiger partial charge < -0.3 is 10.1 Å². The number of sulfonamides is 1. The first-order valence-electron chi connectivity index (χ1n) is 9.12. The fourth-order valence-corrected chi connectivity index (χ4v) is 5.11. The summed E-state index contributed by atoms with van der Waals surface area (Å²) in [5.41, 5.74) is 0.306. The summed E-state index contributed by atoms with van der Waals surface area (Å²) >= 11 is 0. The predicted molar refractivity (Wildman–Crippen MR) is 99.4 cm³/mol. The second-order valence-corrected chi connectivity index (χ2v) is 9.01. The van der Waals surface area contributed by atoms with E-state index in [1.165, 1.54) is 13.2 Å². The number of halogens is 1. The molecular weight excluding hydrogens is 389 g/mol. The van der Waals surface area contributed by atoms with Gasteiger partial charge in [-0.2, -0.15) is 0 Å². The van der Waals surface area contributed by atoms with Gasteiger partial charge in [-0.25, -0.2) is 17.1 Å². The van der Waals surface area contributed by atoms with Crippen molar-refractivity contribution < 1.29 is 27.1 Å². The lowest BCUT2D eigenvalue weighted by molar-refractivity contribution is -0.131. The number of ether oxygens (including phenoxy) is 1. The summed E-state index contributed by atoms with van der Waals surface area (Å²) in [5.74, 6) is -1.41. The summed E-state index contributed by atoms with van der Waals surface area (Å²) in [6, 6.07) is 5.18. The van der Waals surface area contributed by atoms with E-state index in [9.17, 15) is 22.4 Å². The van der Waals surface area contributed by atoms with E-state index < -0.39 is 27.8 Å². The molecule has 3 rings (SSSR count). The molecule has 2 atom stereocenters. The van der Waals surface area contributed by atoms with Crippen LogP contribution in [0.1, 0.15) is 12.0 Å². The highest BCUT2D eigenvalue weighted by atomic mass is 32.2. The van der Waals surface area contributed by atoms with Gasteiger partial charge in [-0.15, -0.1) is 0 Å². The third kappa shape index (κ3) is 4.50. The molecule has 28 heavy (non-hydrogen) atoms. The maximum absolute atomic E-state index is 13.7. The molecular formula is C18H24FN3O5S. The van der Waals surface area contributed by atoms with Crippen LogP contribution in [0.3, 0.4) is 0 Å². The molecule has 2 aliphatic heterocycles. The Kier molecular flexibility index (Phi) is 6.31. The Balaban J connectivity index is 1.64. The van der Waals surface area contributed by atoms with Gasteiger partial charge in [0.15, 0.2) is 0 Å². The standard InChI is InChI=1S/C18H24FN3O5S/c1-27-8-6-22-18(24)16-11-14(12-21(16)7-9-28(22,25)26)20-17(23)10-13-4-2-3-5-15(13)19/h2-5,14,16H,6-12H2,1H3,(H,20,23)/t14-,16-/m0/s1. The van der Waals surface area contributed by atoms with Crippen LogP contribution in [0, 0.1) is 5.82 Å². The molecule has 10 heteroatoms. The Hall–Kier alpha value is -2.04. The molecule has 0 unspecified atom stereocenters. The number of carbonyl (C=O) groups excluding carboxylic acids is 2. The number of hydrogen-bond acceptors (Lipinski definition) is 6. The number of nitrogens with one attached hydrogen (secondary N) is 1. The summed E-state index contributed by atoms with van der Waals surface area (Å²) in [6.07, 6.45) is 0.233. The second-order valence-electron chi connectivity index (χ2n) is 7.00. The van der Waals surface area contributed by atoms with Crippen LogP contribution < -0.4 is 5.32 Å². The highest BCUT2D eigenvalue weighted by molar-refractivity contribution is 7.89. The minimum atomic E-state index is -3.68. The van der Waals surface area contributed by atoms with Crippen molar-refractivity contribution in [1.82, 2.24) is 14.5 Å². The Bertz CT molecular complexity index is 847. The SMILES string of the molecule is COCCN1C(=O)[C@@H]2C[C@H](NC(=O)Cc3ccccc3F)CN2CCS1(=O)=O. The van der Waals surface area contributed by atoms with Crippen LogP contribution in [0.5, 0.6) is 0 Å². The molecule has 1 aromatic carbocycles. The minimum absolute atomic E-state index is 0.0215. The average molecular weight is 413 g/mol. The van der Waals surface area contributed by atoms with Crippen molar-refractivity contribution in [3.63, 3.8) is 0 Å². The van der Waals surface area contributed by atoms with E-state index in [1.54, 1.807) is 23.1 Å². The Labute approximate surface area is 163 Å². The number of carbonyl (C=O) groups is 2. The van der Waals surface area contributed by atoms with Gasteiger partial charge in [-0.1, -0.05) is 18.2 Å². The quantitative estimate of drug-likeness (QED) is 0.691. The molecule has 0 spiro atoms. The highest BCUT2D eigenvalue weighted by Gasteiger charge is 2.45. The number of benzene rings is 1. The van der Waals surface area contributed by atoms with Crippen LogP contribution in [0.15, 0.2) is 24.3 Å². The van der Waals surface area contributed by atoms with E-state index in [0.717, 1.165) is 4.31 Å². The van der Waals surface area contributed by atoms with Gasteiger partial charge in [0.2, 0.25) is 15.9 Å².